The van der Waals surface area contributed by atoms with Gasteiger partial charge in [0.15, 0.2) is 0 Å². The highest BCUT2D eigenvalue weighted by Crippen LogP contribution is 2.03. The van der Waals surface area contributed by atoms with Crippen molar-refractivity contribution in [3.8, 4) is 0 Å². The summed E-state index contributed by atoms with van der Waals surface area (Å²) in [6.07, 6.45) is 6.44. The summed E-state index contributed by atoms with van der Waals surface area (Å²) in [7, 11) is 2.02. The van der Waals surface area contributed by atoms with Crippen molar-refractivity contribution in [2.45, 2.75) is 18.9 Å². The van der Waals surface area contributed by atoms with Gasteiger partial charge in [0.1, 0.15) is 0 Å². The van der Waals surface area contributed by atoms with E-state index in [2.05, 4.69) is 18.2 Å². The Labute approximate surface area is 68.3 Å². The lowest BCUT2D eigenvalue weighted by atomic mass is 10.2. The second-order valence-electron chi connectivity index (χ2n) is 2.31. The first kappa shape index (κ1) is 10.0. The van der Waals surface area contributed by atoms with E-state index in [4.69, 9.17) is 0 Å². The third-order valence-electron chi connectivity index (χ3n) is 1.50. The second-order valence-corrected chi connectivity index (χ2v) is 3.22. The SMILES string of the molecule is C=CCCC(CSC)NC. The van der Waals surface area contributed by atoms with Gasteiger partial charge < -0.3 is 5.32 Å². The normalized spacial score (nSPS) is 13.0. The molecule has 0 heterocycles. The van der Waals surface area contributed by atoms with E-state index in [0.717, 1.165) is 6.42 Å². The first-order chi connectivity index (χ1) is 4.85. The van der Waals surface area contributed by atoms with E-state index in [0.29, 0.717) is 6.04 Å². The minimum Gasteiger partial charge on any atom is -0.316 e. The zero-order chi connectivity index (χ0) is 7.82. The van der Waals surface area contributed by atoms with Crippen LogP contribution in [0.2, 0.25) is 0 Å². The van der Waals surface area contributed by atoms with Crippen LogP contribution in [0.4, 0.5) is 0 Å². The van der Waals surface area contributed by atoms with Gasteiger partial charge in [-0.05, 0) is 26.1 Å². The summed E-state index contributed by atoms with van der Waals surface area (Å²) in [5, 5.41) is 3.27. The monoisotopic (exact) mass is 159 g/mol. The summed E-state index contributed by atoms with van der Waals surface area (Å²) in [6, 6.07) is 0.660. The summed E-state index contributed by atoms with van der Waals surface area (Å²) in [5.41, 5.74) is 0. The number of allylic oxidation sites excluding steroid dienone is 1. The van der Waals surface area contributed by atoms with E-state index < -0.39 is 0 Å². The van der Waals surface area contributed by atoms with Crippen molar-refractivity contribution in [2.75, 3.05) is 19.1 Å². The Hall–Kier alpha value is 0.0500. The van der Waals surface area contributed by atoms with E-state index >= 15 is 0 Å². The van der Waals surface area contributed by atoms with E-state index in [1.54, 1.807) is 0 Å². The van der Waals surface area contributed by atoms with Crippen LogP contribution in [0.25, 0.3) is 0 Å². The molecule has 0 aromatic carbocycles. The number of hydrogen-bond acceptors (Lipinski definition) is 2. The molecular weight excluding hydrogens is 142 g/mol. The van der Waals surface area contributed by atoms with Gasteiger partial charge in [-0.3, -0.25) is 0 Å². The van der Waals surface area contributed by atoms with Crippen molar-refractivity contribution < 1.29 is 0 Å². The Kier molecular flexibility index (Phi) is 7.20. The molecular formula is C8H17NS. The highest BCUT2D eigenvalue weighted by molar-refractivity contribution is 7.98. The Morgan fingerprint density at radius 3 is 2.80 bits per heavy atom. The number of thioether (sulfide) groups is 1. The van der Waals surface area contributed by atoms with Gasteiger partial charge in [0.25, 0.3) is 0 Å². The lowest BCUT2D eigenvalue weighted by molar-refractivity contribution is 0.579. The van der Waals surface area contributed by atoms with Crippen LogP contribution in [0.3, 0.4) is 0 Å². The fourth-order valence-electron chi connectivity index (χ4n) is 0.831. The van der Waals surface area contributed by atoms with Gasteiger partial charge in [-0.15, -0.1) is 6.58 Å². The molecule has 0 amide bonds. The first-order valence-electron chi connectivity index (χ1n) is 3.62. The highest BCUT2D eigenvalue weighted by Gasteiger charge is 2.01. The molecule has 0 saturated carbocycles. The molecule has 0 aliphatic rings. The Morgan fingerprint density at radius 1 is 1.70 bits per heavy atom. The molecule has 60 valence electrons. The van der Waals surface area contributed by atoms with Crippen molar-refractivity contribution in [1.82, 2.24) is 5.32 Å². The number of rotatable bonds is 6. The molecule has 0 saturated heterocycles. The van der Waals surface area contributed by atoms with Gasteiger partial charge in [-0.2, -0.15) is 11.8 Å². The Balaban J connectivity index is 3.29. The molecule has 0 rings (SSSR count). The minimum atomic E-state index is 0.660. The van der Waals surface area contributed by atoms with Crippen molar-refractivity contribution >= 4 is 11.8 Å². The third-order valence-corrected chi connectivity index (χ3v) is 2.23. The standard InChI is InChI=1S/C8H17NS/c1-4-5-6-8(9-2)7-10-3/h4,8-9H,1,5-7H2,2-3H3. The van der Waals surface area contributed by atoms with Crippen LogP contribution in [-0.2, 0) is 0 Å². The van der Waals surface area contributed by atoms with Crippen molar-refractivity contribution in [3.63, 3.8) is 0 Å². The maximum atomic E-state index is 3.69. The van der Waals surface area contributed by atoms with Gasteiger partial charge in [-0.1, -0.05) is 6.08 Å². The quantitative estimate of drug-likeness (QED) is 0.594. The molecule has 1 atom stereocenters. The van der Waals surface area contributed by atoms with Crippen molar-refractivity contribution in [3.05, 3.63) is 12.7 Å². The lowest BCUT2D eigenvalue weighted by Crippen LogP contribution is -2.27. The van der Waals surface area contributed by atoms with Gasteiger partial charge in [0.05, 0.1) is 0 Å². The van der Waals surface area contributed by atoms with Crippen LogP contribution in [-0.4, -0.2) is 25.1 Å². The van der Waals surface area contributed by atoms with Gasteiger partial charge >= 0.3 is 0 Å². The fraction of sp³-hybridized carbons (Fsp3) is 0.750. The zero-order valence-corrected chi connectivity index (χ0v) is 7.71. The average molecular weight is 159 g/mol. The molecule has 0 aliphatic heterocycles. The summed E-state index contributed by atoms with van der Waals surface area (Å²) in [6.45, 7) is 3.69. The topological polar surface area (TPSA) is 12.0 Å². The maximum absolute atomic E-state index is 3.69. The molecule has 2 heteroatoms. The Morgan fingerprint density at radius 2 is 2.40 bits per heavy atom. The molecule has 10 heavy (non-hydrogen) atoms. The van der Waals surface area contributed by atoms with Crippen LogP contribution in [0.1, 0.15) is 12.8 Å². The molecule has 0 aromatic rings. The van der Waals surface area contributed by atoms with Gasteiger partial charge in [0, 0.05) is 11.8 Å². The first-order valence-corrected chi connectivity index (χ1v) is 5.01. The summed E-state index contributed by atoms with van der Waals surface area (Å²) < 4.78 is 0. The molecule has 0 fully saturated rings. The molecule has 0 spiro atoms. The van der Waals surface area contributed by atoms with Crippen LogP contribution in [0, 0.1) is 0 Å². The fourth-order valence-corrected chi connectivity index (χ4v) is 1.57. The molecule has 0 radical (unpaired) electrons. The largest absolute Gasteiger partial charge is 0.316 e. The molecule has 0 aliphatic carbocycles. The molecule has 1 unspecified atom stereocenters. The zero-order valence-electron chi connectivity index (χ0n) is 6.89. The smallest absolute Gasteiger partial charge is 0.0158 e. The molecule has 1 N–H and O–H groups in total. The van der Waals surface area contributed by atoms with E-state index in [-0.39, 0.29) is 0 Å². The van der Waals surface area contributed by atoms with Gasteiger partial charge in [0.2, 0.25) is 0 Å². The number of hydrogen-bond donors (Lipinski definition) is 1. The summed E-state index contributed by atoms with van der Waals surface area (Å²) in [5.74, 6) is 1.20. The summed E-state index contributed by atoms with van der Waals surface area (Å²) in [4.78, 5) is 0. The Bertz CT molecular complexity index is 83.3. The van der Waals surface area contributed by atoms with E-state index in [1.807, 2.05) is 24.9 Å². The predicted molar refractivity (Wildman–Crippen MR) is 50.7 cm³/mol. The van der Waals surface area contributed by atoms with Gasteiger partial charge in [-0.25, -0.2) is 0 Å². The maximum Gasteiger partial charge on any atom is 0.0158 e. The van der Waals surface area contributed by atoms with Crippen LogP contribution in [0.15, 0.2) is 12.7 Å². The molecule has 0 aromatic heterocycles. The highest BCUT2D eigenvalue weighted by atomic mass is 32.2. The van der Waals surface area contributed by atoms with Crippen LogP contribution >= 0.6 is 11.8 Å². The number of nitrogens with one attached hydrogen (secondary N) is 1. The van der Waals surface area contributed by atoms with Crippen molar-refractivity contribution in [1.29, 1.82) is 0 Å². The average Bonchev–Trinajstić information content (AvgIpc) is 1.98. The summed E-state index contributed by atoms with van der Waals surface area (Å²) >= 11 is 1.89. The van der Waals surface area contributed by atoms with E-state index in [9.17, 15) is 0 Å². The van der Waals surface area contributed by atoms with Crippen molar-refractivity contribution in [2.24, 2.45) is 0 Å². The van der Waals surface area contributed by atoms with Crippen LogP contribution < -0.4 is 5.32 Å². The molecule has 1 nitrogen and oxygen atoms in total. The second kappa shape index (κ2) is 7.16. The predicted octanol–water partition coefficient (Wildman–Crippen LogP) is 1.90. The van der Waals surface area contributed by atoms with Crippen LogP contribution in [0.5, 0.6) is 0 Å². The van der Waals surface area contributed by atoms with E-state index in [1.165, 1.54) is 12.2 Å². The minimum absolute atomic E-state index is 0.660. The third kappa shape index (κ3) is 4.89. The lowest BCUT2D eigenvalue weighted by Gasteiger charge is -2.12. The molecule has 0 bridgehead atoms.